The molecule has 14 heavy (non-hydrogen) atoms. The minimum atomic E-state index is -2.60. The lowest BCUT2D eigenvalue weighted by Crippen LogP contribution is -2.01. The number of nitro benzene ring substituents is 1. The van der Waals surface area contributed by atoms with E-state index in [1.807, 2.05) is 0 Å². The third-order valence-electron chi connectivity index (χ3n) is 1.34. The third-order valence-corrected chi connectivity index (χ3v) is 1.66. The maximum absolute atomic E-state index is 10.4. The number of benzene rings is 1. The van der Waals surface area contributed by atoms with Crippen LogP contribution in [0.3, 0.4) is 0 Å². The molecule has 1 aromatic carbocycles. The number of nitrogens with two attached hydrogens (primary N) is 1. The fraction of sp³-hybridized carbons (Fsp3) is 0. The molecule has 0 heterocycles. The van der Waals surface area contributed by atoms with Crippen molar-refractivity contribution in [2.24, 2.45) is 0 Å². The molecule has 76 valence electrons. The van der Waals surface area contributed by atoms with Crippen molar-refractivity contribution in [3.05, 3.63) is 28.3 Å². The average molecular weight is 218 g/mol. The van der Waals surface area contributed by atoms with Crippen molar-refractivity contribution in [1.82, 2.24) is 0 Å². The van der Waals surface area contributed by atoms with Crippen LogP contribution >= 0.6 is 0 Å². The number of rotatable bonds is 3. The molecular weight excluding hydrogens is 212 g/mol. The molecule has 0 saturated carbocycles. The van der Waals surface area contributed by atoms with Gasteiger partial charge < -0.3 is 9.92 Å². The first kappa shape index (κ1) is 10.4. The first-order valence-electron chi connectivity index (χ1n) is 3.34. The molecule has 0 aliphatic rings. The van der Waals surface area contributed by atoms with Gasteiger partial charge in [0.05, 0.1) is 4.92 Å². The molecule has 0 aliphatic heterocycles. The first-order chi connectivity index (χ1) is 6.50. The van der Waals surface area contributed by atoms with Gasteiger partial charge in [-0.3, -0.25) is 14.7 Å². The van der Waals surface area contributed by atoms with Gasteiger partial charge in [-0.2, -0.15) is 4.21 Å². The Kier molecular flexibility index (Phi) is 2.99. The monoisotopic (exact) mass is 218 g/mol. The van der Waals surface area contributed by atoms with Crippen LogP contribution < -0.4 is 9.92 Å². The smallest absolute Gasteiger partial charge is 0.357 e. The van der Waals surface area contributed by atoms with Gasteiger partial charge in [0.1, 0.15) is 0 Å². The number of nitrogens with zero attached hydrogens (tertiary/aromatic N) is 1. The number of nitrogen functional groups attached to an aromatic ring is 1. The predicted octanol–water partition coefficient (Wildman–Crippen LogP) is 0.692. The summed E-state index contributed by atoms with van der Waals surface area (Å²) in [5, 5.41) is 10.4. The summed E-state index contributed by atoms with van der Waals surface area (Å²) in [6.07, 6.45) is 0. The molecule has 0 aliphatic carbocycles. The van der Waals surface area contributed by atoms with Gasteiger partial charge in [0.15, 0.2) is 0 Å². The Morgan fingerprint density at radius 1 is 1.57 bits per heavy atom. The lowest BCUT2D eigenvalue weighted by atomic mass is 10.2. The van der Waals surface area contributed by atoms with Gasteiger partial charge >= 0.3 is 17.0 Å². The maximum atomic E-state index is 10.4. The van der Waals surface area contributed by atoms with E-state index in [2.05, 4.69) is 4.18 Å². The Hall–Kier alpha value is -1.67. The van der Waals surface area contributed by atoms with E-state index < -0.39 is 22.0 Å². The Bertz CT molecular complexity index is 394. The Morgan fingerprint density at radius 3 is 2.71 bits per heavy atom. The summed E-state index contributed by atoms with van der Waals surface area (Å²) in [4.78, 5) is 9.69. The first-order valence-corrected chi connectivity index (χ1v) is 4.37. The largest absolute Gasteiger partial charge is 0.399 e. The van der Waals surface area contributed by atoms with Crippen LogP contribution in [0.1, 0.15) is 0 Å². The van der Waals surface area contributed by atoms with Gasteiger partial charge in [-0.1, -0.05) is 0 Å². The van der Waals surface area contributed by atoms with Gasteiger partial charge in [0.25, 0.3) is 0 Å². The summed E-state index contributed by atoms with van der Waals surface area (Å²) in [6.45, 7) is 0. The van der Waals surface area contributed by atoms with E-state index >= 15 is 0 Å². The van der Waals surface area contributed by atoms with Crippen LogP contribution in [-0.2, 0) is 11.4 Å². The van der Waals surface area contributed by atoms with E-state index in [0.29, 0.717) is 0 Å². The minimum absolute atomic E-state index is 0.174. The van der Waals surface area contributed by atoms with E-state index in [4.69, 9.17) is 10.3 Å². The lowest BCUT2D eigenvalue weighted by Gasteiger charge is -2.01. The van der Waals surface area contributed by atoms with Gasteiger partial charge in [-0.25, -0.2) is 0 Å². The molecule has 7 nitrogen and oxygen atoms in total. The summed E-state index contributed by atoms with van der Waals surface area (Å²) in [7, 11) is 0. The zero-order valence-electron chi connectivity index (χ0n) is 6.75. The fourth-order valence-electron chi connectivity index (χ4n) is 0.824. The Morgan fingerprint density at radius 2 is 2.21 bits per heavy atom. The topological polar surface area (TPSA) is 116 Å². The van der Waals surface area contributed by atoms with Gasteiger partial charge in [0, 0.05) is 11.8 Å². The van der Waals surface area contributed by atoms with Crippen LogP contribution in [0, 0.1) is 10.1 Å². The summed E-state index contributed by atoms with van der Waals surface area (Å²) in [5.41, 5.74) is 5.02. The van der Waals surface area contributed by atoms with Crippen molar-refractivity contribution in [3.63, 3.8) is 0 Å². The number of nitro groups is 1. The molecule has 1 rings (SSSR count). The molecule has 1 atom stereocenters. The molecule has 0 spiro atoms. The number of hydrogen-bond donors (Lipinski definition) is 2. The van der Waals surface area contributed by atoms with E-state index in [1.54, 1.807) is 0 Å². The van der Waals surface area contributed by atoms with Crippen LogP contribution in [0.5, 0.6) is 5.75 Å². The molecule has 0 saturated heterocycles. The van der Waals surface area contributed by atoms with Crippen molar-refractivity contribution in [2.75, 3.05) is 5.73 Å². The maximum Gasteiger partial charge on any atom is 0.357 e. The highest BCUT2D eigenvalue weighted by Gasteiger charge is 2.17. The zero-order chi connectivity index (χ0) is 10.7. The Labute approximate surface area is 81.1 Å². The average Bonchev–Trinajstić information content (AvgIpc) is 2.07. The number of anilines is 1. The molecule has 1 aromatic rings. The van der Waals surface area contributed by atoms with Crippen LogP contribution in [0.25, 0.3) is 0 Å². The molecular formula is C6H6N2O5S. The second-order valence-electron chi connectivity index (χ2n) is 2.28. The molecule has 8 heteroatoms. The summed E-state index contributed by atoms with van der Waals surface area (Å²) in [6, 6.07) is 3.53. The molecule has 0 aromatic heterocycles. The van der Waals surface area contributed by atoms with Crippen LogP contribution in [0.15, 0.2) is 18.2 Å². The minimum Gasteiger partial charge on any atom is -0.399 e. The second-order valence-corrected chi connectivity index (χ2v) is 2.89. The van der Waals surface area contributed by atoms with Gasteiger partial charge in [-0.15, -0.1) is 0 Å². The van der Waals surface area contributed by atoms with Crippen LogP contribution in [0.4, 0.5) is 11.4 Å². The molecule has 0 bridgehead atoms. The van der Waals surface area contributed by atoms with E-state index in [9.17, 15) is 14.3 Å². The highest BCUT2D eigenvalue weighted by Crippen LogP contribution is 2.29. The Balaban J connectivity index is 3.14. The highest BCUT2D eigenvalue weighted by molar-refractivity contribution is 7.74. The van der Waals surface area contributed by atoms with Crippen molar-refractivity contribution >= 4 is 22.7 Å². The quantitative estimate of drug-likeness (QED) is 0.333. The summed E-state index contributed by atoms with van der Waals surface area (Å²) >= 11 is -2.60. The highest BCUT2D eigenvalue weighted by atomic mass is 32.2. The molecule has 0 amide bonds. The summed E-state index contributed by atoms with van der Waals surface area (Å²) in [5.74, 6) is -0.301. The summed E-state index contributed by atoms with van der Waals surface area (Å²) < 4.78 is 22.9. The predicted molar refractivity (Wildman–Crippen MR) is 48.9 cm³/mol. The molecule has 3 N–H and O–H groups in total. The van der Waals surface area contributed by atoms with E-state index in [-0.39, 0.29) is 11.4 Å². The standard InChI is InChI=1S/C6H6N2O5S/c7-4-1-2-6(13-14(11)12)5(3-4)8(9)10/h1-3H,7H2,(H,11,12). The van der Waals surface area contributed by atoms with Crippen LogP contribution in [-0.4, -0.2) is 13.7 Å². The zero-order valence-corrected chi connectivity index (χ0v) is 7.56. The third kappa shape index (κ3) is 2.41. The van der Waals surface area contributed by atoms with Crippen molar-refractivity contribution < 1.29 is 17.9 Å². The number of hydrogen-bond acceptors (Lipinski definition) is 5. The molecule has 0 fully saturated rings. The van der Waals surface area contributed by atoms with Crippen molar-refractivity contribution in [2.45, 2.75) is 0 Å². The molecule has 1 unspecified atom stereocenters. The van der Waals surface area contributed by atoms with Gasteiger partial charge in [-0.05, 0) is 12.1 Å². The SMILES string of the molecule is Nc1ccc(OS(=O)O)c([N+](=O)[O-])c1. The lowest BCUT2D eigenvalue weighted by molar-refractivity contribution is -0.385. The normalized spacial score (nSPS) is 12.1. The van der Waals surface area contributed by atoms with Gasteiger partial charge in [0.2, 0.25) is 5.75 Å². The fourth-order valence-corrected chi connectivity index (χ4v) is 1.12. The van der Waals surface area contributed by atoms with Crippen molar-refractivity contribution in [1.29, 1.82) is 0 Å². The van der Waals surface area contributed by atoms with E-state index in [1.165, 1.54) is 6.07 Å². The molecule has 0 radical (unpaired) electrons. The van der Waals surface area contributed by atoms with Crippen molar-refractivity contribution in [3.8, 4) is 5.75 Å². The second kappa shape index (κ2) is 4.03. The van der Waals surface area contributed by atoms with E-state index in [0.717, 1.165) is 12.1 Å². The van der Waals surface area contributed by atoms with Crippen LogP contribution in [0.2, 0.25) is 0 Å².